The predicted octanol–water partition coefficient (Wildman–Crippen LogP) is 13.0. The van der Waals surface area contributed by atoms with Gasteiger partial charge in [-0.05, 0) is 104 Å². The zero-order valence-corrected chi connectivity index (χ0v) is 25.0. The quantitative estimate of drug-likeness (QED) is 0.173. The highest BCUT2D eigenvalue weighted by molar-refractivity contribution is 5.89. The molecule has 1 nitrogen and oxygen atoms in total. The fourth-order valence-corrected chi connectivity index (χ4v) is 5.53. The maximum atomic E-state index is 9.64. The third kappa shape index (κ3) is 5.95. The minimum Gasteiger partial charge on any atom is -0.310 e. The van der Waals surface area contributed by atoms with Crippen LogP contribution in [0, 0.1) is 0 Å². The Hall–Kier alpha value is -6.18. The largest absolute Gasteiger partial charge is 0.310 e. The van der Waals surface area contributed by atoms with Gasteiger partial charge in [0.25, 0.3) is 0 Å². The Labute approximate surface area is 294 Å². The second-order valence-electron chi connectivity index (χ2n) is 10.8. The van der Waals surface area contributed by atoms with Crippen molar-refractivity contribution in [3.8, 4) is 44.5 Å². The standard InChI is InChI=1S/C46H33N/c1-3-11-34(12-4-1)37-23-27-44(28-24-37)47(46-20-10-19-42(33-46)43-22-21-36-15-7-8-16-39(36)32-43)45-29-25-38(26-30-45)41-18-9-17-40(31-41)35-13-5-2-6-14-35/h1-33H/i1D,3D,4D,10D,11D,12D,19D,20D,23D,24D,27D,28D,33D. The van der Waals surface area contributed by atoms with Crippen LogP contribution in [0.5, 0.6) is 0 Å². The first kappa shape index (κ1) is 17.5. The van der Waals surface area contributed by atoms with Crippen molar-refractivity contribution in [1.29, 1.82) is 0 Å². The van der Waals surface area contributed by atoms with Crippen LogP contribution in [0.2, 0.25) is 0 Å². The molecule has 0 atom stereocenters. The summed E-state index contributed by atoms with van der Waals surface area (Å²) in [5.41, 5.74) is 2.58. The lowest BCUT2D eigenvalue weighted by molar-refractivity contribution is 1.28. The molecule has 0 aliphatic rings. The summed E-state index contributed by atoms with van der Waals surface area (Å²) in [7, 11) is 0. The fraction of sp³-hybridized carbons (Fsp3) is 0. The number of fused-ring (bicyclic) bond motifs is 1. The molecule has 0 saturated heterocycles. The molecule has 0 unspecified atom stereocenters. The Morgan fingerprint density at radius 1 is 0.319 bits per heavy atom. The van der Waals surface area contributed by atoms with Crippen molar-refractivity contribution in [1.82, 2.24) is 0 Å². The van der Waals surface area contributed by atoms with E-state index in [0.717, 1.165) is 33.0 Å². The van der Waals surface area contributed by atoms with Gasteiger partial charge in [-0.2, -0.15) is 0 Å². The highest BCUT2D eigenvalue weighted by Crippen LogP contribution is 2.39. The monoisotopic (exact) mass is 612 g/mol. The van der Waals surface area contributed by atoms with Crippen molar-refractivity contribution < 1.29 is 17.8 Å². The first-order chi connectivity index (χ1) is 28.7. The van der Waals surface area contributed by atoms with Gasteiger partial charge in [0.1, 0.15) is 0 Å². The second-order valence-corrected chi connectivity index (χ2v) is 10.8. The summed E-state index contributed by atoms with van der Waals surface area (Å²) in [4.78, 5) is 1.21. The Bertz CT molecular complexity index is 2960. The molecule has 8 aromatic carbocycles. The third-order valence-corrected chi connectivity index (χ3v) is 7.89. The lowest BCUT2D eigenvalue weighted by Gasteiger charge is -2.26. The van der Waals surface area contributed by atoms with E-state index in [9.17, 15) is 8.22 Å². The predicted molar refractivity (Wildman–Crippen MR) is 200 cm³/mol. The number of rotatable bonds is 7. The van der Waals surface area contributed by atoms with Gasteiger partial charge in [-0.3, -0.25) is 0 Å². The Kier molecular flexibility index (Phi) is 4.72. The van der Waals surface area contributed by atoms with Crippen LogP contribution >= 0.6 is 0 Å². The molecule has 0 aliphatic carbocycles. The van der Waals surface area contributed by atoms with Crippen molar-refractivity contribution in [3.05, 3.63) is 200 Å². The summed E-state index contributed by atoms with van der Waals surface area (Å²) in [5, 5.41) is 1.71. The fourth-order valence-electron chi connectivity index (χ4n) is 5.53. The molecular weight excluding hydrogens is 567 g/mol. The SMILES string of the molecule is [2H]c1c([2H])c([2H])c(-c2c([2H])c([2H])c(N(c3ccc(-c4cccc(-c5ccccc5)c4)cc3)c3c([2H])c([2H])c([2H])c(-c4ccc5ccccc5c4)c3[2H])c([2H])c2[2H])c([2H])c1[2H]. The van der Waals surface area contributed by atoms with Gasteiger partial charge in [-0.15, -0.1) is 0 Å². The van der Waals surface area contributed by atoms with Gasteiger partial charge < -0.3 is 4.90 Å². The summed E-state index contributed by atoms with van der Waals surface area (Å²) in [6.45, 7) is 0. The van der Waals surface area contributed by atoms with E-state index in [1.54, 1.807) is 36.4 Å². The molecule has 8 rings (SSSR count). The van der Waals surface area contributed by atoms with Gasteiger partial charge in [-0.25, -0.2) is 0 Å². The Morgan fingerprint density at radius 2 is 0.915 bits per heavy atom. The summed E-state index contributed by atoms with van der Waals surface area (Å²) >= 11 is 0. The molecule has 0 aliphatic heterocycles. The number of anilines is 3. The molecule has 0 amide bonds. The normalized spacial score (nSPS) is 14.9. The number of hydrogen-bond donors (Lipinski definition) is 0. The number of benzene rings is 8. The molecule has 0 radical (unpaired) electrons. The van der Waals surface area contributed by atoms with E-state index in [1.807, 2.05) is 84.9 Å². The second kappa shape index (κ2) is 12.7. The van der Waals surface area contributed by atoms with Crippen molar-refractivity contribution in [2.75, 3.05) is 4.90 Å². The third-order valence-electron chi connectivity index (χ3n) is 7.89. The maximum Gasteiger partial charge on any atom is 0.0651 e. The van der Waals surface area contributed by atoms with Crippen LogP contribution in [-0.4, -0.2) is 0 Å². The van der Waals surface area contributed by atoms with Crippen LogP contribution in [-0.2, 0) is 0 Å². The molecule has 8 aromatic rings. The lowest BCUT2D eigenvalue weighted by Crippen LogP contribution is -2.10. The van der Waals surface area contributed by atoms with Crippen molar-refractivity contribution >= 4 is 27.8 Å². The van der Waals surface area contributed by atoms with E-state index in [-0.39, 0.29) is 29.0 Å². The molecule has 47 heavy (non-hydrogen) atoms. The highest BCUT2D eigenvalue weighted by Gasteiger charge is 2.15. The summed E-state index contributed by atoms with van der Waals surface area (Å²) in [6.07, 6.45) is 0. The van der Waals surface area contributed by atoms with Gasteiger partial charge >= 0.3 is 0 Å². The van der Waals surface area contributed by atoms with Crippen molar-refractivity contribution in [2.24, 2.45) is 0 Å². The zero-order chi connectivity index (χ0) is 42.7. The van der Waals surface area contributed by atoms with Gasteiger partial charge in [0.2, 0.25) is 0 Å². The van der Waals surface area contributed by atoms with E-state index < -0.39 is 83.3 Å². The Morgan fingerprint density at radius 3 is 1.68 bits per heavy atom. The number of nitrogens with zero attached hydrogens (tertiary/aromatic N) is 1. The number of hydrogen-bond acceptors (Lipinski definition) is 1. The molecule has 0 saturated carbocycles. The molecule has 0 heterocycles. The minimum absolute atomic E-state index is 0.0158. The topological polar surface area (TPSA) is 3.24 Å². The summed E-state index contributed by atoms with van der Waals surface area (Å²) in [5.74, 6) is 0. The summed E-state index contributed by atoms with van der Waals surface area (Å²) in [6, 6.07) is 29.3. The molecule has 222 valence electrons. The van der Waals surface area contributed by atoms with Gasteiger partial charge in [0.05, 0.1) is 17.8 Å². The van der Waals surface area contributed by atoms with Crippen LogP contribution < -0.4 is 4.90 Å². The van der Waals surface area contributed by atoms with Gasteiger partial charge in [0.15, 0.2) is 0 Å². The van der Waals surface area contributed by atoms with Gasteiger partial charge in [0, 0.05) is 17.1 Å². The smallest absolute Gasteiger partial charge is 0.0651 e. The van der Waals surface area contributed by atoms with Crippen LogP contribution in [0.25, 0.3) is 55.3 Å². The van der Waals surface area contributed by atoms with E-state index in [0.29, 0.717) is 5.56 Å². The first-order valence-electron chi connectivity index (χ1n) is 21.5. The zero-order valence-electron chi connectivity index (χ0n) is 38.0. The molecule has 0 fully saturated rings. The molecule has 0 bridgehead atoms. The first-order valence-corrected chi connectivity index (χ1v) is 15.0. The average molecular weight is 613 g/mol. The van der Waals surface area contributed by atoms with Crippen molar-refractivity contribution in [3.63, 3.8) is 0 Å². The van der Waals surface area contributed by atoms with Crippen molar-refractivity contribution in [2.45, 2.75) is 0 Å². The van der Waals surface area contributed by atoms with Crippen LogP contribution in [0.1, 0.15) is 17.8 Å². The van der Waals surface area contributed by atoms with E-state index in [4.69, 9.17) is 9.60 Å². The van der Waals surface area contributed by atoms with Crippen LogP contribution in [0.3, 0.4) is 0 Å². The molecule has 0 N–H and O–H groups in total. The average Bonchev–Trinajstić information content (AvgIpc) is 3.27. The summed E-state index contributed by atoms with van der Waals surface area (Å²) < 4.78 is 116. The highest BCUT2D eigenvalue weighted by atomic mass is 15.1. The minimum atomic E-state index is -0.722. The Balaban J connectivity index is 1.39. The van der Waals surface area contributed by atoms with E-state index in [2.05, 4.69) is 0 Å². The lowest BCUT2D eigenvalue weighted by atomic mass is 9.98. The molecule has 0 aromatic heterocycles. The molecule has 1 heteroatoms. The van der Waals surface area contributed by atoms with Gasteiger partial charge in [-0.1, -0.05) is 151 Å². The molecular formula is C46H33N. The van der Waals surface area contributed by atoms with Crippen LogP contribution in [0.4, 0.5) is 17.1 Å². The maximum absolute atomic E-state index is 9.64. The molecule has 0 spiro atoms. The van der Waals surface area contributed by atoms with E-state index >= 15 is 0 Å². The van der Waals surface area contributed by atoms with E-state index in [1.165, 1.54) is 4.90 Å². The van der Waals surface area contributed by atoms with Crippen LogP contribution in [0.15, 0.2) is 200 Å².